The summed E-state index contributed by atoms with van der Waals surface area (Å²) in [6, 6.07) is 11.7. The second-order valence-electron chi connectivity index (χ2n) is 17.1. The van der Waals surface area contributed by atoms with Crippen molar-refractivity contribution in [3.63, 3.8) is 0 Å². The van der Waals surface area contributed by atoms with Crippen LogP contribution in [0.25, 0.3) is 22.0 Å². The van der Waals surface area contributed by atoms with Crippen LogP contribution in [0.4, 0.5) is 23.7 Å². The number of benzene rings is 3. The highest BCUT2D eigenvalue weighted by atomic mass is 19.2. The van der Waals surface area contributed by atoms with Gasteiger partial charge in [0.1, 0.15) is 6.61 Å². The molecule has 3 N–H and O–H groups in total. The van der Waals surface area contributed by atoms with Gasteiger partial charge in [0.2, 0.25) is 11.7 Å². The van der Waals surface area contributed by atoms with Crippen LogP contribution < -0.4 is 20.3 Å². The van der Waals surface area contributed by atoms with Crippen LogP contribution in [0.1, 0.15) is 71.2 Å². The van der Waals surface area contributed by atoms with E-state index in [4.69, 9.17) is 9.84 Å². The first-order valence-corrected chi connectivity index (χ1v) is 21.1. The number of aromatic hydroxyl groups is 1. The number of rotatable bonds is 11. The fourth-order valence-electron chi connectivity index (χ4n) is 9.39. The zero-order valence-corrected chi connectivity index (χ0v) is 34.6. The van der Waals surface area contributed by atoms with Crippen LogP contribution in [0.5, 0.6) is 11.8 Å². The first kappa shape index (κ1) is 41.8. The Kier molecular flexibility index (Phi) is 11.0. The number of urea groups is 1. The number of nitrogens with zero attached hydrogens (tertiary/aromatic N) is 7. The summed E-state index contributed by atoms with van der Waals surface area (Å²) in [4.78, 5) is 64.6. The predicted octanol–water partition coefficient (Wildman–Crippen LogP) is 5.69. The molecule has 3 saturated carbocycles. The smallest absolute Gasteiger partial charge is 0.328 e. The molecule has 0 atom stereocenters. The summed E-state index contributed by atoms with van der Waals surface area (Å²) in [6.45, 7) is 5.81. The third-order valence-corrected chi connectivity index (χ3v) is 13.4. The van der Waals surface area contributed by atoms with Gasteiger partial charge >= 0.3 is 12.0 Å². The van der Waals surface area contributed by atoms with Crippen LogP contribution in [0, 0.1) is 29.8 Å². The maximum atomic E-state index is 14.3. The van der Waals surface area contributed by atoms with Gasteiger partial charge in [-0.1, -0.05) is 18.2 Å². The molecule has 0 unspecified atom stereocenters. The number of piperazine rings is 1. The van der Waals surface area contributed by atoms with E-state index in [1.165, 1.54) is 4.90 Å². The molecule has 2 aromatic heterocycles. The van der Waals surface area contributed by atoms with E-state index in [0.29, 0.717) is 56.6 Å². The minimum Gasteiger partial charge on any atom is -0.503 e. The first-order valence-electron chi connectivity index (χ1n) is 21.1. The number of ether oxygens (including phenoxy) is 1. The lowest BCUT2D eigenvalue weighted by molar-refractivity contribution is -0.120. The van der Waals surface area contributed by atoms with E-state index in [-0.39, 0.29) is 48.3 Å². The molecule has 3 aromatic carbocycles. The Hall–Kier alpha value is -6.56. The molecule has 0 spiro atoms. The Labute approximate surface area is 360 Å². The van der Waals surface area contributed by atoms with Gasteiger partial charge in [-0.05, 0) is 86.3 Å². The van der Waals surface area contributed by atoms with Crippen LogP contribution in [-0.2, 0) is 10.3 Å². The van der Waals surface area contributed by atoms with E-state index in [1.807, 2.05) is 31.2 Å². The highest BCUT2D eigenvalue weighted by molar-refractivity contribution is 6.06. The fraction of sp³-hybridized carbons (Fsp3) is 0.400. The second kappa shape index (κ2) is 16.6. The summed E-state index contributed by atoms with van der Waals surface area (Å²) < 4.78 is 50.0. The summed E-state index contributed by atoms with van der Waals surface area (Å²) in [5.41, 5.74) is 3.33. The number of hydrogen-bond acceptors (Lipinski definition) is 10. The number of nitrogens with one attached hydrogen (secondary N) is 2. The van der Waals surface area contributed by atoms with Crippen LogP contribution >= 0.6 is 0 Å². The normalized spacial score (nSPS) is 21.5. The Bertz CT molecular complexity index is 2610. The molecule has 10 rings (SSSR count). The summed E-state index contributed by atoms with van der Waals surface area (Å²) in [5.74, 6) is -7.56. The monoisotopic (exact) mass is 865 g/mol. The van der Waals surface area contributed by atoms with Crippen molar-refractivity contribution >= 4 is 40.3 Å². The Balaban J connectivity index is 0.745. The highest BCUT2D eigenvalue weighted by Gasteiger charge is 2.50. The van der Waals surface area contributed by atoms with E-state index >= 15 is 0 Å². The molecule has 18 heteroatoms. The number of hydrogen-bond donors (Lipinski definition) is 3. The van der Waals surface area contributed by atoms with E-state index in [2.05, 4.69) is 36.4 Å². The summed E-state index contributed by atoms with van der Waals surface area (Å²) in [7, 11) is 0. The number of fused-ring (bicyclic) bond motifs is 4. The third-order valence-electron chi connectivity index (χ3n) is 13.4. The molecule has 5 aliphatic rings. The third kappa shape index (κ3) is 8.14. The number of aromatic nitrogens is 4. The summed E-state index contributed by atoms with van der Waals surface area (Å²) in [5, 5.41) is 20.4. The maximum absolute atomic E-state index is 14.3. The molecule has 4 heterocycles. The van der Waals surface area contributed by atoms with Crippen molar-refractivity contribution < 1.29 is 42.2 Å². The molecular weight excluding hydrogens is 820 g/mol. The van der Waals surface area contributed by atoms with Gasteiger partial charge in [0.15, 0.2) is 17.4 Å². The van der Waals surface area contributed by atoms with E-state index in [0.717, 1.165) is 66.1 Å². The minimum atomic E-state index is -1.79. The number of carbonyl (C=O) groups excluding carboxylic acids is 4. The van der Waals surface area contributed by atoms with Crippen molar-refractivity contribution in [2.24, 2.45) is 5.41 Å². The maximum Gasteiger partial charge on any atom is 0.328 e. The second-order valence-corrected chi connectivity index (χ2v) is 17.1. The Morgan fingerprint density at radius 2 is 1.62 bits per heavy atom. The number of amides is 5. The summed E-state index contributed by atoms with van der Waals surface area (Å²) >= 11 is 0. The average Bonchev–Trinajstić information content (AvgIpc) is 3.75. The first-order chi connectivity index (χ1) is 30.3. The van der Waals surface area contributed by atoms with Crippen molar-refractivity contribution in [1.29, 1.82) is 0 Å². The zero-order valence-electron chi connectivity index (χ0n) is 34.6. The topological polar surface area (TPSA) is 175 Å². The molecule has 63 heavy (non-hydrogen) atoms. The van der Waals surface area contributed by atoms with Crippen molar-refractivity contribution in [3.8, 4) is 22.9 Å². The largest absolute Gasteiger partial charge is 0.503 e. The molecule has 2 saturated heterocycles. The molecule has 2 bridgehead atoms. The van der Waals surface area contributed by atoms with Gasteiger partial charge in [-0.2, -0.15) is 9.49 Å². The number of phenols is 1. The molecule has 5 aromatic rings. The fourth-order valence-corrected chi connectivity index (χ4v) is 9.39. The lowest BCUT2D eigenvalue weighted by Crippen LogP contribution is -2.51. The molecule has 15 nitrogen and oxygen atoms in total. The van der Waals surface area contributed by atoms with Gasteiger partial charge in [-0.3, -0.25) is 34.2 Å². The number of phenolic OH excluding ortho intramolecular Hbond substituents is 1. The lowest BCUT2D eigenvalue weighted by Gasteiger charge is -2.53. The Morgan fingerprint density at radius 1 is 0.889 bits per heavy atom. The standard InChI is InChI=1S/C45H46F3N9O6/c1-27-2-3-29(21-35(27)56-13-6-36(58)52-43(56)62)41(61)55-16-14-54(15-17-55)18-19-63-42-49-23-31(24-50-42)28-4-5-30-25-57(53-34(30)20-28)45-10-7-44(8-11-45,9-12-45)26-51-40(60)32-22-33(46)39(59)38(48)37(32)47/h2-5,20-25,59H,6-19,26H2,1H3,(H,51,60)(H,52,58,62)/t44-,45+. The van der Waals surface area contributed by atoms with Crippen LogP contribution in [0.3, 0.4) is 0 Å². The molecule has 328 valence electrons. The van der Waals surface area contributed by atoms with Crippen LogP contribution in [0.15, 0.2) is 61.1 Å². The predicted molar refractivity (Wildman–Crippen MR) is 224 cm³/mol. The Morgan fingerprint density at radius 3 is 2.33 bits per heavy atom. The molecule has 0 radical (unpaired) electrons. The van der Waals surface area contributed by atoms with Crippen molar-refractivity contribution in [1.82, 2.24) is 40.2 Å². The number of anilines is 1. The van der Waals surface area contributed by atoms with Gasteiger partial charge in [0, 0.05) is 93.0 Å². The van der Waals surface area contributed by atoms with Crippen molar-refractivity contribution in [2.75, 3.05) is 57.3 Å². The van der Waals surface area contributed by atoms with Crippen molar-refractivity contribution in [2.45, 2.75) is 57.4 Å². The molecular formula is C45H46F3N9O6. The zero-order chi connectivity index (χ0) is 44.0. The van der Waals surface area contributed by atoms with E-state index in [1.54, 1.807) is 29.4 Å². The van der Waals surface area contributed by atoms with E-state index < -0.39 is 40.7 Å². The number of halogens is 3. The number of carbonyl (C=O) groups is 4. The van der Waals surface area contributed by atoms with Gasteiger partial charge in [-0.15, -0.1) is 0 Å². The SMILES string of the molecule is Cc1ccc(C(=O)N2CCN(CCOc3ncc(-c4ccc5cn([C@]67CC[C@](CNC(=O)c8cc(F)c(O)c(F)c8F)(CC6)CC7)nc5c4)cn3)CC2)cc1N1CCC(=O)NC1=O. The van der Waals surface area contributed by atoms with Gasteiger partial charge in [-0.25, -0.2) is 23.5 Å². The highest BCUT2D eigenvalue weighted by Crippen LogP contribution is 2.55. The molecule has 3 aliphatic carbocycles. The average molecular weight is 866 g/mol. The van der Waals surface area contributed by atoms with Gasteiger partial charge in [0.05, 0.1) is 16.6 Å². The van der Waals surface area contributed by atoms with Crippen LogP contribution in [-0.4, -0.2) is 111 Å². The van der Waals surface area contributed by atoms with Gasteiger partial charge < -0.3 is 20.1 Å². The van der Waals surface area contributed by atoms with Crippen LogP contribution in [0.2, 0.25) is 0 Å². The molecule has 5 amide bonds. The van der Waals surface area contributed by atoms with Crippen molar-refractivity contribution in [3.05, 3.63) is 95.2 Å². The van der Waals surface area contributed by atoms with E-state index in [9.17, 15) is 37.5 Å². The molecule has 2 aliphatic heterocycles. The number of imide groups is 1. The van der Waals surface area contributed by atoms with Gasteiger partial charge in [0.25, 0.3) is 11.8 Å². The number of aryl methyl sites for hydroxylation is 1. The minimum absolute atomic E-state index is 0.107. The quantitative estimate of drug-likeness (QED) is 0.140. The lowest BCUT2D eigenvalue weighted by atomic mass is 9.57. The molecule has 5 fully saturated rings. The summed E-state index contributed by atoms with van der Waals surface area (Å²) in [6.07, 6.45) is 10.6.